The minimum Gasteiger partial charge on any atom is -0.388 e. The fourth-order valence-corrected chi connectivity index (χ4v) is 6.24. The first kappa shape index (κ1) is 34.7. The van der Waals surface area contributed by atoms with Crippen molar-refractivity contribution in [3.05, 3.63) is 57.7 Å². The molecule has 1 aliphatic rings. The second kappa shape index (κ2) is 15.3. The molecule has 2 amide bonds. The lowest BCUT2D eigenvalue weighted by Gasteiger charge is -2.36. The fourth-order valence-electron chi connectivity index (χ4n) is 5.96. The molecular weight excluding hydrogens is 580 g/mol. The Morgan fingerprint density at radius 2 is 1.93 bits per heavy atom. The number of hydrogen-bond donors (Lipinski definition) is 4. The van der Waals surface area contributed by atoms with E-state index in [0.717, 1.165) is 65.4 Å². The molecule has 4 rings (SSSR count). The summed E-state index contributed by atoms with van der Waals surface area (Å²) in [6, 6.07) is 8.00. The molecule has 0 radical (unpaired) electrons. The normalized spacial score (nSPS) is 16.7. The molecule has 2 unspecified atom stereocenters. The maximum Gasteiger partial charge on any atom is 0.245 e. The lowest BCUT2D eigenvalue weighted by molar-refractivity contribution is -0.130. The van der Waals surface area contributed by atoms with Gasteiger partial charge < -0.3 is 30.4 Å². The lowest BCUT2D eigenvalue weighted by Crippen LogP contribution is -2.59. The third-order valence-electron chi connectivity index (χ3n) is 7.94. The van der Waals surface area contributed by atoms with Crippen LogP contribution in [0.1, 0.15) is 55.9 Å². The minimum absolute atomic E-state index is 0.136. The highest BCUT2D eigenvalue weighted by Gasteiger charge is 2.40. The third kappa shape index (κ3) is 8.66. The van der Waals surface area contributed by atoms with E-state index in [4.69, 9.17) is 11.6 Å². The number of H-pyrrole nitrogens is 1. The molecule has 238 valence electrons. The van der Waals surface area contributed by atoms with Gasteiger partial charge in [0.15, 0.2) is 0 Å². The molecule has 2 aromatic carbocycles. The van der Waals surface area contributed by atoms with Crippen LogP contribution in [0, 0.1) is 11.3 Å². The van der Waals surface area contributed by atoms with E-state index < -0.39 is 5.54 Å². The van der Waals surface area contributed by atoms with Crippen molar-refractivity contribution in [3.63, 3.8) is 0 Å². The summed E-state index contributed by atoms with van der Waals surface area (Å²) < 4.78 is 0. The number of aromatic amines is 1. The number of hydrogen-bond acceptors (Lipinski definition) is 7. The van der Waals surface area contributed by atoms with Gasteiger partial charge in [-0.2, -0.15) is 5.10 Å². The number of rotatable bonds is 12. The molecule has 10 nitrogen and oxygen atoms in total. The summed E-state index contributed by atoms with van der Waals surface area (Å²) in [4.78, 5) is 47.2. The number of aryl methyl sites for hydroxylation is 1. The van der Waals surface area contributed by atoms with E-state index in [1.807, 2.05) is 25.2 Å². The number of likely N-dealkylation sites (N-methyl/N-ethyl adjacent to an activating group) is 1. The highest BCUT2D eigenvalue weighted by molar-refractivity contribution is 6.35. The van der Waals surface area contributed by atoms with Crippen molar-refractivity contribution < 1.29 is 19.2 Å². The number of aromatic nitrogens is 2. The summed E-state index contributed by atoms with van der Waals surface area (Å²) in [5.41, 5.74) is 5.69. The highest BCUT2D eigenvalue weighted by Crippen LogP contribution is 2.32. The van der Waals surface area contributed by atoms with E-state index in [1.54, 1.807) is 13.2 Å². The molecule has 0 saturated carbocycles. The van der Waals surface area contributed by atoms with Crippen molar-refractivity contribution in [1.82, 2.24) is 25.7 Å². The number of aldehydes is 2. The van der Waals surface area contributed by atoms with E-state index >= 15 is 0 Å². The standard InChI is InChI=1S/C19H26ClN3O2.C14H19N3O2/c1-19(2,3)12-23(4)10-16-14(7-13(11-25)5-6-24)8-17(20)18-15(16)9-21-22-18;1-15-12-4-3-11-8-14(17-9-18,13(19)16-2)6-5-10(11)7-12/h6,8-9,11,13H,5,7,10,12H2,1-4H3,(H,21,22);3-4,7,9,15H,5-6,8H2,1-2H3,(H,16,19)(H,17,18). The van der Waals surface area contributed by atoms with Crippen LogP contribution >= 0.6 is 11.6 Å². The van der Waals surface area contributed by atoms with Gasteiger partial charge in [-0.1, -0.05) is 38.4 Å². The Labute approximate surface area is 264 Å². The van der Waals surface area contributed by atoms with Crippen molar-refractivity contribution in [3.8, 4) is 0 Å². The van der Waals surface area contributed by atoms with Gasteiger partial charge in [-0.05, 0) is 72.2 Å². The van der Waals surface area contributed by atoms with Crippen molar-refractivity contribution in [2.24, 2.45) is 11.3 Å². The average molecular weight is 625 g/mol. The summed E-state index contributed by atoms with van der Waals surface area (Å²) in [7, 11) is 5.56. The van der Waals surface area contributed by atoms with E-state index in [2.05, 4.69) is 64.9 Å². The summed E-state index contributed by atoms with van der Waals surface area (Å²) in [5.74, 6) is -0.465. The van der Waals surface area contributed by atoms with E-state index in [1.165, 1.54) is 5.56 Å². The molecule has 0 saturated heterocycles. The van der Waals surface area contributed by atoms with Crippen molar-refractivity contribution in [2.75, 3.05) is 33.0 Å². The van der Waals surface area contributed by atoms with E-state index in [-0.39, 0.29) is 23.7 Å². The highest BCUT2D eigenvalue weighted by atomic mass is 35.5. The zero-order valence-electron chi connectivity index (χ0n) is 26.6. The number of nitrogens with one attached hydrogen (secondary N) is 4. The SMILES string of the molecule is CN(Cc1c(CC(C=O)CC=O)cc(Cl)c2[nH]ncc12)CC(C)(C)C.CNC(=O)C1(NC=O)CCc2cc(NC)ccc2C1. The zero-order chi connectivity index (χ0) is 32.5. The van der Waals surface area contributed by atoms with Crippen LogP contribution in [0.3, 0.4) is 0 Å². The van der Waals surface area contributed by atoms with Gasteiger partial charge in [0.2, 0.25) is 12.3 Å². The number of nitrogens with zero attached hydrogens (tertiary/aromatic N) is 2. The second-order valence-corrected chi connectivity index (χ2v) is 13.1. The smallest absolute Gasteiger partial charge is 0.245 e. The van der Waals surface area contributed by atoms with Gasteiger partial charge in [-0.25, -0.2) is 0 Å². The van der Waals surface area contributed by atoms with Gasteiger partial charge in [0.25, 0.3) is 0 Å². The van der Waals surface area contributed by atoms with Crippen LogP contribution < -0.4 is 16.0 Å². The minimum atomic E-state index is -0.815. The van der Waals surface area contributed by atoms with Crippen molar-refractivity contribution in [1.29, 1.82) is 0 Å². The van der Waals surface area contributed by atoms with E-state index in [9.17, 15) is 19.2 Å². The molecule has 11 heteroatoms. The third-order valence-corrected chi connectivity index (χ3v) is 8.24. The number of benzene rings is 2. The fraction of sp³-hybridized carbons (Fsp3) is 0.485. The van der Waals surface area contributed by atoms with Crippen molar-refractivity contribution >= 4 is 53.1 Å². The van der Waals surface area contributed by atoms with Gasteiger partial charge in [0, 0.05) is 57.0 Å². The number of anilines is 1. The maximum atomic E-state index is 12.1. The summed E-state index contributed by atoms with van der Waals surface area (Å²) in [6.07, 6.45) is 6.69. The van der Waals surface area contributed by atoms with Crippen LogP contribution in [0.15, 0.2) is 30.5 Å². The number of fused-ring (bicyclic) bond motifs is 2. The van der Waals surface area contributed by atoms with Crippen LogP contribution in [0.5, 0.6) is 0 Å². The number of carbonyl (C=O) groups excluding carboxylic acids is 4. The Bertz CT molecular complexity index is 1470. The van der Waals surface area contributed by atoms with Gasteiger partial charge in [-0.15, -0.1) is 0 Å². The summed E-state index contributed by atoms with van der Waals surface area (Å²) in [6.45, 7) is 8.26. The molecule has 44 heavy (non-hydrogen) atoms. The molecule has 1 aliphatic carbocycles. The molecule has 2 atom stereocenters. The first-order valence-electron chi connectivity index (χ1n) is 14.8. The van der Waals surface area contributed by atoms with Crippen LogP contribution in [0.4, 0.5) is 5.69 Å². The number of carbonyl (C=O) groups is 4. The Balaban J connectivity index is 0.000000249. The number of halogens is 1. The largest absolute Gasteiger partial charge is 0.388 e. The predicted octanol–water partition coefficient (Wildman–Crippen LogP) is 4.09. The molecule has 0 fully saturated rings. The Hall–Kier alpha value is -3.76. The Morgan fingerprint density at radius 1 is 1.18 bits per heavy atom. The van der Waals surface area contributed by atoms with Crippen LogP contribution in [0.2, 0.25) is 5.02 Å². The molecular formula is C33H45ClN6O4. The van der Waals surface area contributed by atoms with Crippen LogP contribution in [0.25, 0.3) is 10.9 Å². The monoisotopic (exact) mass is 624 g/mol. The quantitative estimate of drug-likeness (QED) is 0.223. The van der Waals surface area contributed by atoms with Gasteiger partial charge in [-0.3, -0.25) is 14.7 Å². The lowest BCUT2D eigenvalue weighted by atomic mass is 9.77. The summed E-state index contributed by atoms with van der Waals surface area (Å²) in [5, 5.41) is 17.1. The van der Waals surface area contributed by atoms with E-state index in [0.29, 0.717) is 30.7 Å². The molecule has 1 aromatic heterocycles. The molecule has 3 aromatic rings. The van der Waals surface area contributed by atoms with Crippen LogP contribution in [-0.4, -0.2) is 73.2 Å². The first-order valence-corrected chi connectivity index (χ1v) is 15.2. The Kier molecular flexibility index (Phi) is 12.1. The average Bonchev–Trinajstić information content (AvgIpc) is 3.48. The van der Waals surface area contributed by atoms with Crippen LogP contribution in [-0.2, 0) is 45.0 Å². The maximum absolute atomic E-state index is 12.1. The zero-order valence-corrected chi connectivity index (χ0v) is 27.3. The van der Waals surface area contributed by atoms with Gasteiger partial charge in [0.1, 0.15) is 18.1 Å². The van der Waals surface area contributed by atoms with Gasteiger partial charge >= 0.3 is 0 Å². The predicted molar refractivity (Wildman–Crippen MR) is 175 cm³/mol. The second-order valence-electron chi connectivity index (χ2n) is 12.7. The first-order chi connectivity index (χ1) is 20.9. The molecule has 0 bridgehead atoms. The number of amides is 2. The molecule has 1 heterocycles. The molecule has 0 spiro atoms. The van der Waals surface area contributed by atoms with Gasteiger partial charge in [0.05, 0.1) is 16.7 Å². The van der Waals surface area contributed by atoms with Crippen molar-refractivity contribution in [2.45, 2.75) is 65.0 Å². The Morgan fingerprint density at radius 3 is 2.55 bits per heavy atom. The molecule has 4 N–H and O–H groups in total. The summed E-state index contributed by atoms with van der Waals surface area (Å²) >= 11 is 6.38. The topological polar surface area (TPSA) is 136 Å². The molecule has 0 aliphatic heterocycles.